The molecule has 9 nitrogen and oxygen atoms in total. The maximum absolute atomic E-state index is 13.1. The van der Waals surface area contributed by atoms with E-state index in [9.17, 15) is 4.79 Å². The highest BCUT2D eigenvalue weighted by molar-refractivity contribution is 5.80. The predicted octanol–water partition coefficient (Wildman–Crippen LogP) is 4.02. The number of hydrogen-bond acceptors (Lipinski definition) is 7. The highest BCUT2D eigenvalue weighted by atomic mass is 16.5. The third kappa shape index (κ3) is 5.11. The van der Waals surface area contributed by atoms with Crippen LogP contribution in [0.25, 0.3) is 10.9 Å². The number of rotatable bonds is 9. The van der Waals surface area contributed by atoms with Crippen molar-refractivity contribution in [3.63, 3.8) is 0 Å². The highest BCUT2D eigenvalue weighted by Gasteiger charge is 2.34. The summed E-state index contributed by atoms with van der Waals surface area (Å²) in [7, 11) is 1.65. The van der Waals surface area contributed by atoms with Gasteiger partial charge >= 0.3 is 0 Å². The first kappa shape index (κ1) is 23.9. The monoisotopic (exact) mass is 480 g/mol. The van der Waals surface area contributed by atoms with Crippen molar-refractivity contribution in [3.8, 4) is 5.75 Å². The van der Waals surface area contributed by atoms with E-state index in [4.69, 9.17) is 9.47 Å². The third-order valence-electron chi connectivity index (χ3n) is 7.44. The first-order valence-corrected chi connectivity index (χ1v) is 12.9. The first-order valence-electron chi connectivity index (χ1n) is 12.9. The Bertz CT molecular complexity index is 1190. The first-order chi connectivity index (χ1) is 17.0. The van der Waals surface area contributed by atoms with Crippen molar-refractivity contribution in [2.24, 2.45) is 5.92 Å². The van der Waals surface area contributed by atoms with Crippen LogP contribution in [0.1, 0.15) is 75.8 Å². The van der Waals surface area contributed by atoms with Crippen molar-refractivity contribution in [2.45, 2.75) is 77.1 Å². The van der Waals surface area contributed by atoms with Crippen LogP contribution in [-0.2, 0) is 11.3 Å². The van der Waals surface area contributed by atoms with Gasteiger partial charge in [0.25, 0.3) is 5.56 Å². The summed E-state index contributed by atoms with van der Waals surface area (Å²) >= 11 is 0. The molecule has 5 rings (SSSR count). The lowest BCUT2D eigenvalue weighted by Gasteiger charge is -2.35. The van der Waals surface area contributed by atoms with Crippen LogP contribution in [0.2, 0.25) is 0 Å². The fourth-order valence-corrected chi connectivity index (χ4v) is 5.71. The Hall–Kier alpha value is -2.78. The van der Waals surface area contributed by atoms with E-state index in [1.54, 1.807) is 7.11 Å². The molecule has 3 heterocycles. The normalized spacial score (nSPS) is 19.9. The molecule has 0 unspecified atom stereocenters. The van der Waals surface area contributed by atoms with E-state index >= 15 is 0 Å². The number of tetrazole rings is 1. The van der Waals surface area contributed by atoms with E-state index in [1.807, 2.05) is 24.3 Å². The standard InChI is InChI=1S/C26H36N6O3/c1-17(2)24(25-28-29-30-32(25)20-7-4-5-8-20)31(16-22-9-6-12-35-22)15-19-13-18-14-21(34-3)10-11-23(18)27-26(19)33/h10-11,13-14,17,20,22,24H,4-9,12,15-16H2,1-3H3,(H,27,33)/t22-,24-/m1/s1. The summed E-state index contributed by atoms with van der Waals surface area (Å²) in [6.45, 7) is 6.42. The van der Waals surface area contributed by atoms with E-state index in [0.717, 1.165) is 61.3 Å². The zero-order chi connectivity index (χ0) is 24.4. The van der Waals surface area contributed by atoms with E-state index in [1.165, 1.54) is 12.8 Å². The van der Waals surface area contributed by atoms with Gasteiger partial charge in [0.15, 0.2) is 5.82 Å². The lowest BCUT2D eigenvalue weighted by atomic mass is 9.99. The molecule has 0 spiro atoms. The molecule has 188 valence electrons. The number of fused-ring (bicyclic) bond motifs is 1. The summed E-state index contributed by atoms with van der Waals surface area (Å²) in [6.07, 6.45) is 6.90. The van der Waals surface area contributed by atoms with Gasteiger partial charge in [-0.15, -0.1) is 5.10 Å². The van der Waals surface area contributed by atoms with E-state index in [-0.39, 0.29) is 23.6 Å². The quantitative estimate of drug-likeness (QED) is 0.494. The number of hydrogen-bond donors (Lipinski definition) is 1. The Kier molecular flexibility index (Phi) is 7.15. The molecular formula is C26H36N6O3. The second kappa shape index (κ2) is 10.5. The van der Waals surface area contributed by atoms with Crippen molar-refractivity contribution < 1.29 is 9.47 Å². The average molecular weight is 481 g/mol. The number of pyridine rings is 1. The SMILES string of the molecule is COc1ccc2[nH]c(=O)c(CN(C[C@H]3CCCO3)[C@@H](c3nnnn3C3CCCC3)C(C)C)cc2c1. The lowest BCUT2D eigenvalue weighted by molar-refractivity contribution is 0.0379. The minimum atomic E-state index is -0.0714. The van der Waals surface area contributed by atoms with Gasteiger partial charge < -0.3 is 14.5 Å². The van der Waals surface area contributed by atoms with Crippen LogP contribution in [0.5, 0.6) is 5.75 Å². The van der Waals surface area contributed by atoms with Crippen LogP contribution in [0.15, 0.2) is 29.1 Å². The summed E-state index contributed by atoms with van der Waals surface area (Å²) in [6, 6.07) is 8.00. The fraction of sp³-hybridized carbons (Fsp3) is 0.615. The summed E-state index contributed by atoms with van der Waals surface area (Å²) in [4.78, 5) is 18.5. The van der Waals surface area contributed by atoms with Gasteiger partial charge in [0.2, 0.25) is 0 Å². The van der Waals surface area contributed by atoms with Gasteiger partial charge in [-0.25, -0.2) is 4.68 Å². The Labute approximate surface area is 205 Å². The molecule has 0 amide bonds. The number of aromatic amines is 1. The highest BCUT2D eigenvalue weighted by Crippen LogP contribution is 2.35. The van der Waals surface area contributed by atoms with Gasteiger partial charge in [0, 0.05) is 36.2 Å². The molecule has 1 N–H and O–H groups in total. The van der Waals surface area contributed by atoms with Gasteiger partial charge in [-0.3, -0.25) is 9.69 Å². The van der Waals surface area contributed by atoms with Gasteiger partial charge in [0.1, 0.15) is 5.75 Å². The molecule has 2 aromatic heterocycles. The summed E-state index contributed by atoms with van der Waals surface area (Å²) < 4.78 is 13.5. The molecule has 1 aromatic carbocycles. The maximum Gasteiger partial charge on any atom is 0.252 e. The van der Waals surface area contributed by atoms with E-state index < -0.39 is 0 Å². The molecule has 0 radical (unpaired) electrons. The maximum atomic E-state index is 13.1. The lowest BCUT2D eigenvalue weighted by Crippen LogP contribution is -2.40. The molecule has 1 saturated carbocycles. The Balaban J connectivity index is 1.52. The molecule has 3 aromatic rings. The molecule has 2 atom stereocenters. The second-order valence-corrected chi connectivity index (χ2v) is 10.3. The van der Waals surface area contributed by atoms with Crippen molar-refractivity contribution >= 4 is 10.9 Å². The van der Waals surface area contributed by atoms with Crippen LogP contribution in [-0.4, -0.2) is 56.5 Å². The Morgan fingerprint density at radius 1 is 1.20 bits per heavy atom. The Morgan fingerprint density at radius 3 is 2.74 bits per heavy atom. The second-order valence-electron chi connectivity index (χ2n) is 10.3. The van der Waals surface area contributed by atoms with Gasteiger partial charge in [-0.2, -0.15) is 0 Å². The van der Waals surface area contributed by atoms with Crippen LogP contribution < -0.4 is 10.3 Å². The molecule has 1 saturated heterocycles. The average Bonchev–Trinajstić information content (AvgIpc) is 3.62. The topological polar surface area (TPSA) is 98.2 Å². The van der Waals surface area contributed by atoms with Crippen molar-refractivity contribution in [1.82, 2.24) is 30.1 Å². The summed E-state index contributed by atoms with van der Waals surface area (Å²) in [5.41, 5.74) is 1.45. The van der Waals surface area contributed by atoms with Crippen LogP contribution >= 0.6 is 0 Å². The molecule has 9 heteroatoms. The van der Waals surface area contributed by atoms with Crippen molar-refractivity contribution in [3.05, 3.63) is 46.0 Å². The van der Waals surface area contributed by atoms with E-state index in [0.29, 0.717) is 18.2 Å². The molecule has 0 bridgehead atoms. The largest absolute Gasteiger partial charge is 0.497 e. The van der Waals surface area contributed by atoms with Gasteiger partial charge in [0.05, 0.1) is 25.3 Å². The number of benzene rings is 1. The van der Waals surface area contributed by atoms with Crippen molar-refractivity contribution in [1.29, 1.82) is 0 Å². The zero-order valence-corrected chi connectivity index (χ0v) is 20.9. The summed E-state index contributed by atoms with van der Waals surface area (Å²) in [5.74, 6) is 1.91. The van der Waals surface area contributed by atoms with Crippen molar-refractivity contribution in [2.75, 3.05) is 20.3 Å². The molecule has 2 aliphatic rings. The minimum absolute atomic E-state index is 0.0322. The minimum Gasteiger partial charge on any atom is -0.497 e. The van der Waals surface area contributed by atoms with E-state index in [2.05, 4.69) is 43.9 Å². The molecule has 35 heavy (non-hydrogen) atoms. The number of ether oxygens (including phenoxy) is 2. The molecular weight excluding hydrogens is 444 g/mol. The zero-order valence-electron chi connectivity index (χ0n) is 20.9. The van der Waals surface area contributed by atoms with Crippen LogP contribution in [0.3, 0.4) is 0 Å². The number of H-pyrrole nitrogens is 1. The third-order valence-corrected chi connectivity index (χ3v) is 7.44. The Morgan fingerprint density at radius 2 is 2.03 bits per heavy atom. The number of nitrogens with one attached hydrogen (secondary N) is 1. The fourth-order valence-electron chi connectivity index (χ4n) is 5.71. The predicted molar refractivity (Wildman–Crippen MR) is 133 cm³/mol. The van der Waals surface area contributed by atoms with Gasteiger partial charge in [-0.05, 0) is 66.3 Å². The van der Waals surface area contributed by atoms with Gasteiger partial charge in [-0.1, -0.05) is 26.7 Å². The number of aromatic nitrogens is 5. The molecule has 2 fully saturated rings. The summed E-state index contributed by atoms with van der Waals surface area (Å²) in [5, 5.41) is 14.0. The molecule has 1 aliphatic heterocycles. The molecule has 1 aliphatic carbocycles. The van der Waals surface area contributed by atoms with Crippen LogP contribution in [0.4, 0.5) is 0 Å². The number of methoxy groups -OCH3 is 1. The van der Waals surface area contributed by atoms with Crippen LogP contribution in [0, 0.1) is 5.92 Å². The number of nitrogens with zero attached hydrogens (tertiary/aromatic N) is 5. The smallest absolute Gasteiger partial charge is 0.252 e.